The minimum absolute atomic E-state index is 0.0213. The van der Waals surface area contributed by atoms with Crippen molar-refractivity contribution in [3.8, 4) is 5.75 Å². The zero-order valence-corrected chi connectivity index (χ0v) is 13.4. The van der Waals surface area contributed by atoms with E-state index in [0.717, 1.165) is 0 Å². The molecule has 8 heteroatoms. The summed E-state index contributed by atoms with van der Waals surface area (Å²) in [4.78, 5) is 0. The summed E-state index contributed by atoms with van der Waals surface area (Å²) in [7, 11) is 9.48. The molecule has 1 aromatic rings. The molecular weight excluding hydrogens is 284 g/mol. The molecule has 0 unspecified atom stereocenters. The van der Waals surface area contributed by atoms with Gasteiger partial charge in [-0.05, 0) is 46.2 Å². The number of halogens is 1. The van der Waals surface area contributed by atoms with Crippen molar-refractivity contribution in [3.05, 3.63) is 23.5 Å². The molecule has 1 aromatic carbocycles. The summed E-state index contributed by atoms with van der Waals surface area (Å²) in [6.45, 7) is 9.00. The van der Waals surface area contributed by atoms with E-state index in [-0.39, 0.29) is 11.2 Å². The van der Waals surface area contributed by atoms with Crippen molar-refractivity contribution >= 4 is 28.3 Å². The van der Waals surface area contributed by atoms with Gasteiger partial charge in [0.2, 0.25) is 0 Å². The second-order valence-electron chi connectivity index (χ2n) is 6.55. The summed E-state index contributed by atoms with van der Waals surface area (Å²) in [6, 6.07) is 2.95. The predicted octanol–water partition coefficient (Wildman–Crippen LogP) is 0.753. The summed E-state index contributed by atoms with van der Waals surface area (Å²) in [6.07, 6.45) is 0. The van der Waals surface area contributed by atoms with Gasteiger partial charge in [0, 0.05) is 0 Å². The van der Waals surface area contributed by atoms with E-state index in [2.05, 4.69) is 0 Å². The lowest BCUT2D eigenvalue weighted by Gasteiger charge is -2.32. The lowest BCUT2D eigenvalue weighted by atomic mass is 9.74. The van der Waals surface area contributed by atoms with Crippen molar-refractivity contribution in [3.63, 3.8) is 0 Å². The first-order chi connectivity index (χ1) is 9.84. The van der Waals surface area contributed by atoms with Crippen LogP contribution in [0.25, 0.3) is 0 Å². The first-order valence-corrected chi connectivity index (χ1v) is 6.98. The average molecular weight is 302 g/mol. The van der Waals surface area contributed by atoms with Crippen LogP contribution in [0.2, 0.25) is 0 Å². The lowest BCUT2D eigenvalue weighted by Crippen LogP contribution is -2.43. The van der Waals surface area contributed by atoms with Gasteiger partial charge in [-0.25, -0.2) is 4.39 Å². The van der Waals surface area contributed by atoms with E-state index < -0.39 is 29.7 Å². The minimum atomic E-state index is -2.43. The Bertz CT molecular complexity index is 568. The van der Waals surface area contributed by atoms with Gasteiger partial charge < -0.3 is 19.2 Å². The maximum Gasteiger partial charge on any atom is 0.501 e. The van der Waals surface area contributed by atoms with Crippen LogP contribution in [0.5, 0.6) is 5.75 Å². The summed E-state index contributed by atoms with van der Waals surface area (Å²) >= 11 is 0. The molecule has 2 rings (SSSR count). The molecule has 4 nitrogen and oxygen atoms in total. The van der Waals surface area contributed by atoms with Crippen LogP contribution in [-0.2, 0) is 9.31 Å². The molecule has 1 aliphatic heterocycles. The Hall–Kier alpha value is -0.975. The van der Waals surface area contributed by atoms with E-state index in [1.807, 2.05) is 27.7 Å². The molecule has 1 aliphatic rings. The van der Waals surface area contributed by atoms with Crippen molar-refractivity contribution in [1.29, 1.82) is 0 Å². The second-order valence-corrected chi connectivity index (χ2v) is 6.55. The first-order valence-electron chi connectivity index (χ1n) is 6.98. The Labute approximate surface area is 133 Å². The summed E-state index contributed by atoms with van der Waals surface area (Å²) < 4.78 is 31.3. The fraction of sp³-hybridized carbons (Fsp3) is 0.571. The van der Waals surface area contributed by atoms with Crippen molar-refractivity contribution in [2.45, 2.75) is 51.4 Å². The van der Waals surface area contributed by atoms with E-state index in [1.165, 1.54) is 12.1 Å². The molecular formula is C14H18B3FO4. The number of rotatable bonds is 3. The fourth-order valence-electron chi connectivity index (χ4n) is 2.13. The number of aliphatic hydroxyl groups is 1. The topological polar surface area (TPSA) is 47.9 Å². The molecule has 0 aromatic heterocycles. The van der Waals surface area contributed by atoms with Crippen molar-refractivity contribution in [2.75, 3.05) is 0 Å². The zero-order chi connectivity index (χ0) is 16.9. The lowest BCUT2D eigenvalue weighted by molar-refractivity contribution is 0.00578. The van der Waals surface area contributed by atoms with E-state index in [1.54, 1.807) is 6.92 Å². The van der Waals surface area contributed by atoms with E-state index >= 15 is 0 Å². The Morgan fingerprint density at radius 1 is 1.18 bits per heavy atom. The van der Waals surface area contributed by atoms with Crippen molar-refractivity contribution in [2.24, 2.45) is 0 Å². The van der Waals surface area contributed by atoms with Gasteiger partial charge in [0.25, 0.3) is 0 Å². The Balaban J connectivity index is 2.48. The molecule has 0 amide bonds. The molecule has 0 atom stereocenters. The molecule has 1 heterocycles. The second kappa shape index (κ2) is 5.29. The molecule has 4 radical (unpaired) electrons. The molecule has 1 N–H and O–H groups in total. The normalized spacial score (nSPS) is 20.2. The number of benzene rings is 1. The van der Waals surface area contributed by atoms with Gasteiger partial charge in [0.1, 0.15) is 17.2 Å². The standard InChI is InChI=1S/C14H18B3FO4/c1-8-6-7-9(20-14(15,16)19)10(11(8)18)17-21-12(2,3)13(4,5)22-17/h6-7,19H,1-5H3. The van der Waals surface area contributed by atoms with E-state index in [4.69, 9.17) is 29.7 Å². The van der Waals surface area contributed by atoms with Crippen LogP contribution in [0.3, 0.4) is 0 Å². The van der Waals surface area contributed by atoms with Gasteiger partial charge in [-0.1, -0.05) is 6.07 Å². The van der Waals surface area contributed by atoms with Gasteiger partial charge in [-0.3, -0.25) is 0 Å². The summed E-state index contributed by atoms with van der Waals surface area (Å²) in [5.41, 5.74) is -3.32. The van der Waals surface area contributed by atoms with Gasteiger partial charge in [0.05, 0.1) is 16.7 Å². The minimum Gasteiger partial charge on any atom is -0.482 e. The zero-order valence-electron chi connectivity index (χ0n) is 13.4. The van der Waals surface area contributed by atoms with Crippen molar-refractivity contribution in [1.82, 2.24) is 0 Å². The quantitative estimate of drug-likeness (QED) is 0.661. The van der Waals surface area contributed by atoms with Gasteiger partial charge in [-0.15, -0.1) is 0 Å². The van der Waals surface area contributed by atoms with E-state index in [9.17, 15) is 9.50 Å². The van der Waals surface area contributed by atoms with Crippen LogP contribution in [-0.4, -0.2) is 44.7 Å². The molecule has 0 spiro atoms. The highest BCUT2D eigenvalue weighted by Gasteiger charge is 2.53. The number of aryl methyl sites for hydroxylation is 1. The maximum atomic E-state index is 14.6. The van der Waals surface area contributed by atoms with Crippen LogP contribution in [0.15, 0.2) is 12.1 Å². The Morgan fingerprint density at radius 3 is 2.14 bits per heavy atom. The molecule has 22 heavy (non-hydrogen) atoms. The predicted molar refractivity (Wildman–Crippen MR) is 83.9 cm³/mol. The smallest absolute Gasteiger partial charge is 0.482 e. The first kappa shape index (κ1) is 17.4. The number of hydrogen-bond acceptors (Lipinski definition) is 4. The van der Waals surface area contributed by atoms with Gasteiger partial charge in [0.15, 0.2) is 15.7 Å². The maximum absolute atomic E-state index is 14.6. The third-order valence-corrected chi connectivity index (χ3v) is 4.10. The SMILES string of the molecule is [B]C([B])(O)Oc1ccc(C)c(F)c1B1OC(C)(C)C(C)(C)O1. The highest BCUT2D eigenvalue weighted by molar-refractivity contribution is 6.63. The van der Waals surface area contributed by atoms with Gasteiger partial charge in [-0.2, -0.15) is 0 Å². The summed E-state index contributed by atoms with van der Waals surface area (Å²) in [5.74, 6) is -0.589. The summed E-state index contributed by atoms with van der Waals surface area (Å²) in [5, 5.41) is 9.43. The van der Waals surface area contributed by atoms with Crippen LogP contribution in [0, 0.1) is 12.7 Å². The monoisotopic (exact) mass is 302 g/mol. The fourth-order valence-corrected chi connectivity index (χ4v) is 2.13. The number of ether oxygens (including phenoxy) is 1. The Kier molecular flexibility index (Phi) is 4.18. The molecule has 1 saturated heterocycles. The molecule has 0 saturated carbocycles. The number of hydrogen-bond donors (Lipinski definition) is 1. The van der Waals surface area contributed by atoms with Gasteiger partial charge >= 0.3 is 7.12 Å². The molecule has 1 fully saturated rings. The van der Waals surface area contributed by atoms with Crippen LogP contribution in [0.4, 0.5) is 4.39 Å². The molecule has 114 valence electrons. The van der Waals surface area contributed by atoms with Crippen LogP contribution >= 0.6 is 0 Å². The third-order valence-electron chi connectivity index (χ3n) is 4.10. The Morgan fingerprint density at radius 2 is 1.68 bits per heavy atom. The largest absolute Gasteiger partial charge is 0.501 e. The third kappa shape index (κ3) is 3.19. The molecule has 0 bridgehead atoms. The van der Waals surface area contributed by atoms with Crippen LogP contribution in [0.1, 0.15) is 33.3 Å². The van der Waals surface area contributed by atoms with Crippen molar-refractivity contribution < 1.29 is 23.5 Å². The van der Waals surface area contributed by atoms with E-state index in [0.29, 0.717) is 5.56 Å². The average Bonchev–Trinajstić information content (AvgIpc) is 2.51. The molecule has 0 aliphatic carbocycles. The van der Waals surface area contributed by atoms with Crippen LogP contribution < -0.4 is 10.2 Å². The highest BCUT2D eigenvalue weighted by atomic mass is 19.1. The highest BCUT2D eigenvalue weighted by Crippen LogP contribution is 2.37.